The molecule has 1 aromatic rings. The number of urea groups is 1. The monoisotopic (exact) mass is 672 g/mol. The molecule has 0 aromatic carbocycles. The molecule has 2 fully saturated rings. The van der Waals surface area contributed by atoms with E-state index in [-0.39, 0.29) is 41.7 Å². The van der Waals surface area contributed by atoms with Crippen LogP contribution in [0.15, 0.2) is 27.2 Å². The third-order valence-corrected chi connectivity index (χ3v) is 9.44. The Balaban J connectivity index is 1.48. The number of nitrogens with one attached hydrogen (secondary N) is 3. The van der Waals surface area contributed by atoms with Gasteiger partial charge in [-0.25, -0.2) is 22.3 Å². The molecular formula is C24H32N8O11S2. The van der Waals surface area contributed by atoms with Gasteiger partial charge in [0.25, 0.3) is 11.8 Å². The molecule has 0 radical (unpaired) electrons. The highest BCUT2D eigenvalue weighted by Gasteiger charge is 2.53. The number of carbonyl (C=O) groups excluding carboxylic acids is 3. The normalized spacial score (nSPS) is 23.0. The van der Waals surface area contributed by atoms with Crippen LogP contribution in [0, 0.1) is 0 Å². The number of rotatable bonds is 11. The number of amides is 4. The van der Waals surface area contributed by atoms with Gasteiger partial charge >= 0.3 is 12.0 Å². The van der Waals surface area contributed by atoms with Gasteiger partial charge in [-0.1, -0.05) is 23.3 Å². The first-order valence-corrected chi connectivity index (χ1v) is 16.4. The summed E-state index contributed by atoms with van der Waals surface area (Å²) in [5, 5.41) is 40.1. The fourth-order valence-electron chi connectivity index (χ4n) is 5.01. The van der Waals surface area contributed by atoms with Crippen molar-refractivity contribution >= 4 is 56.5 Å². The third kappa shape index (κ3) is 7.41. The fourth-order valence-corrected chi connectivity index (χ4v) is 6.90. The number of aromatic nitrogens is 1. The van der Waals surface area contributed by atoms with Crippen molar-refractivity contribution in [2.24, 2.45) is 15.9 Å². The lowest BCUT2D eigenvalue weighted by atomic mass is 9.85. The number of amidine groups is 1. The summed E-state index contributed by atoms with van der Waals surface area (Å²) in [6.07, 6.45) is 3.78. The molecule has 4 rings (SSSR count). The van der Waals surface area contributed by atoms with Gasteiger partial charge in [0.15, 0.2) is 16.6 Å². The number of carbonyl (C=O) groups is 4. The molecule has 3 atom stereocenters. The van der Waals surface area contributed by atoms with E-state index < -0.39 is 75.3 Å². The van der Waals surface area contributed by atoms with Crippen LogP contribution in [0.1, 0.15) is 37.8 Å². The van der Waals surface area contributed by atoms with Crippen LogP contribution in [0.4, 0.5) is 4.79 Å². The highest BCUT2D eigenvalue weighted by Crippen LogP contribution is 2.33. The summed E-state index contributed by atoms with van der Waals surface area (Å²) in [6.45, 7) is -0.843. The first-order valence-electron chi connectivity index (χ1n) is 13.6. The van der Waals surface area contributed by atoms with E-state index in [0.717, 1.165) is 36.7 Å². The zero-order valence-electron chi connectivity index (χ0n) is 23.8. The zero-order chi connectivity index (χ0) is 33.1. The molecule has 1 saturated heterocycles. The Bertz CT molecular complexity index is 1600. The number of aliphatic imine (C=N–C) groups is 1. The van der Waals surface area contributed by atoms with Crippen LogP contribution in [0.3, 0.4) is 0 Å². The SMILES string of the molecule is CS(=O)(=O)N1C(=O)[C@@H](NC(=O)/C(=N\OC2(C(=O)O)CCCCC2)C2CSC(N)=N2)[C@H]1CNC(=O)NCc1cc(=O)c(O)cn1O. The number of aliphatic carboxylic acids is 1. The fraction of sp³-hybridized carbons (Fsp3) is 0.542. The Hall–Kier alpha value is -4.53. The number of pyridine rings is 1. The molecule has 246 valence electrons. The van der Waals surface area contributed by atoms with Crippen LogP contribution < -0.4 is 27.1 Å². The summed E-state index contributed by atoms with van der Waals surface area (Å²) >= 11 is 1.12. The minimum absolute atomic E-state index is 0.0880. The molecule has 1 saturated carbocycles. The minimum Gasteiger partial charge on any atom is -0.503 e. The van der Waals surface area contributed by atoms with E-state index in [1.54, 1.807) is 0 Å². The average molecular weight is 673 g/mol. The van der Waals surface area contributed by atoms with Gasteiger partial charge in [-0.05, 0) is 12.8 Å². The van der Waals surface area contributed by atoms with Crippen LogP contribution in [0.25, 0.3) is 0 Å². The number of aromatic hydroxyl groups is 1. The molecule has 21 heteroatoms. The lowest BCUT2D eigenvalue weighted by Gasteiger charge is -2.45. The van der Waals surface area contributed by atoms with Gasteiger partial charge in [-0.3, -0.25) is 19.4 Å². The molecular weight excluding hydrogens is 640 g/mol. The summed E-state index contributed by atoms with van der Waals surface area (Å²) < 4.78 is 25.6. The quantitative estimate of drug-likeness (QED) is 0.0571. The van der Waals surface area contributed by atoms with E-state index in [1.165, 1.54) is 0 Å². The Morgan fingerprint density at radius 3 is 2.51 bits per heavy atom. The van der Waals surface area contributed by atoms with Crippen molar-refractivity contribution in [3.05, 3.63) is 28.2 Å². The number of carboxylic acids is 1. The van der Waals surface area contributed by atoms with Crippen LogP contribution >= 0.6 is 11.8 Å². The standard InChI is InChI=1S/C24H32N8O11S2/c1-45(41,42)32-14(9-27-23(39)26-8-12-7-15(33)16(34)10-31(12)40)18(20(32)36)29-19(35)17(13-11-44-22(25)28-13)30-43-24(21(37)38)5-3-2-4-6-24/h7,10,13-14,18,34,40H,2-6,8-9,11H2,1H3,(H2,25,28)(H,29,35)(H,37,38)(H2,26,27,39)/b30-17-/t13?,14-,18+/m1/s1. The largest absolute Gasteiger partial charge is 0.503 e. The van der Waals surface area contributed by atoms with E-state index in [1.807, 2.05) is 0 Å². The number of nitrogens with zero attached hydrogens (tertiary/aromatic N) is 4. The zero-order valence-corrected chi connectivity index (χ0v) is 25.5. The van der Waals surface area contributed by atoms with Crippen molar-refractivity contribution in [1.82, 2.24) is 25.0 Å². The summed E-state index contributed by atoms with van der Waals surface area (Å²) in [4.78, 5) is 72.0. The Kier molecular flexibility index (Phi) is 9.80. The summed E-state index contributed by atoms with van der Waals surface area (Å²) in [5.74, 6) is -3.77. The molecule has 19 nitrogen and oxygen atoms in total. The number of nitrogens with two attached hydrogens (primary N) is 1. The molecule has 4 amide bonds. The lowest BCUT2D eigenvalue weighted by molar-refractivity contribution is -0.171. The average Bonchev–Trinajstić information content (AvgIpc) is 3.40. The number of carboxylic acid groups (broad SMARTS) is 1. The van der Waals surface area contributed by atoms with Crippen molar-refractivity contribution in [1.29, 1.82) is 0 Å². The smallest absolute Gasteiger partial charge is 0.350 e. The summed E-state index contributed by atoms with van der Waals surface area (Å²) in [5.41, 5.74) is 2.84. The molecule has 8 N–H and O–H groups in total. The molecule has 1 aromatic heterocycles. The van der Waals surface area contributed by atoms with Crippen LogP contribution in [0.2, 0.25) is 0 Å². The van der Waals surface area contributed by atoms with Gasteiger partial charge in [0.2, 0.25) is 21.1 Å². The minimum atomic E-state index is -4.13. The first-order chi connectivity index (χ1) is 21.1. The van der Waals surface area contributed by atoms with Crippen LogP contribution in [-0.4, -0.2) is 110 Å². The molecule has 0 bridgehead atoms. The van der Waals surface area contributed by atoms with Crippen molar-refractivity contribution in [3.8, 4) is 5.75 Å². The summed E-state index contributed by atoms with van der Waals surface area (Å²) in [6, 6.07) is -3.67. The van der Waals surface area contributed by atoms with Gasteiger partial charge in [0.1, 0.15) is 12.1 Å². The van der Waals surface area contributed by atoms with Gasteiger partial charge in [-0.15, -0.1) is 0 Å². The second-order valence-electron chi connectivity index (χ2n) is 10.6. The number of hydrogen-bond donors (Lipinski definition) is 7. The molecule has 3 heterocycles. The molecule has 0 spiro atoms. The van der Waals surface area contributed by atoms with E-state index in [9.17, 15) is 47.8 Å². The van der Waals surface area contributed by atoms with Gasteiger partial charge < -0.3 is 41.9 Å². The Morgan fingerprint density at radius 1 is 1.22 bits per heavy atom. The number of thioether (sulfide) groups is 1. The first kappa shape index (κ1) is 33.4. The summed E-state index contributed by atoms with van der Waals surface area (Å²) in [7, 11) is -4.13. The Morgan fingerprint density at radius 2 is 1.91 bits per heavy atom. The maximum absolute atomic E-state index is 13.4. The third-order valence-electron chi connectivity index (χ3n) is 7.39. The number of oxime groups is 1. The van der Waals surface area contributed by atoms with E-state index >= 15 is 0 Å². The number of β-lactam (4-membered cyclic amide) rings is 1. The number of hydrogen-bond acceptors (Lipinski definition) is 14. The molecule has 1 unspecified atom stereocenters. The maximum Gasteiger partial charge on any atom is 0.350 e. The Labute approximate surface area is 259 Å². The lowest BCUT2D eigenvalue weighted by Crippen LogP contribution is -2.74. The predicted molar refractivity (Wildman–Crippen MR) is 157 cm³/mol. The van der Waals surface area contributed by atoms with Gasteiger partial charge in [0.05, 0.1) is 30.7 Å². The topological polar surface area (TPSA) is 284 Å². The van der Waals surface area contributed by atoms with Crippen molar-refractivity contribution in [2.75, 3.05) is 18.6 Å². The molecule has 3 aliphatic rings. The molecule has 2 aliphatic heterocycles. The van der Waals surface area contributed by atoms with Crippen LogP contribution in [0.5, 0.6) is 5.75 Å². The molecule has 1 aliphatic carbocycles. The second kappa shape index (κ2) is 13.2. The van der Waals surface area contributed by atoms with E-state index in [0.29, 0.717) is 21.9 Å². The predicted octanol–water partition coefficient (Wildman–Crippen LogP) is -2.16. The molecule has 45 heavy (non-hydrogen) atoms. The van der Waals surface area contributed by atoms with Gasteiger partial charge in [-0.2, -0.15) is 4.73 Å². The van der Waals surface area contributed by atoms with Gasteiger partial charge in [0, 0.05) is 31.2 Å². The highest BCUT2D eigenvalue weighted by atomic mass is 32.2. The van der Waals surface area contributed by atoms with Crippen molar-refractivity contribution in [2.45, 2.75) is 62.4 Å². The maximum atomic E-state index is 13.4. The highest BCUT2D eigenvalue weighted by molar-refractivity contribution is 8.14. The number of sulfonamides is 1. The van der Waals surface area contributed by atoms with E-state index in [2.05, 4.69) is 26.1 Å². The van der Waals surface area contributed by atoms with Crippen LogP contribution in [-0.2, 0) is 35.8 Å². The van der Waals surface area contributed by atoms with Crippen molar-refractivity contribution in [3.63, 3.8) is 0 Å². The van der Waals surface area contributed by atoms with Crippen molar-refractivity contribution < 1.29 is 47.9 Å². The van der Waals surface area contributed by atoms with E-state index in [4.69, 9.17) is 10.6 Å². The second-order valence-corrected chi connectivity index (χ2v) is 13.5.